The lowest BCUT2D eigenvalue weighted by molar-refractivity contribution is -0.144. The Labute approximate surface area is 128 Å². The van der Waals surface area contributed by atoms with Gasteiger partial charge >= 0.3 is 5.97 Å². The molecule has 118 valence electrons. The van der Waals surface area contributed by atoms with E-state index < -0.39 is 11.5 Å². The van der Waals surface area contributed by atoms with Gasteiger partial charge in [0, 0.05) is 25.3 Å². The quantitative estimate of drug-likeness (QED) is 0.773. The van der Waals surface area contributed by atoms with Crippen LogP contribution in [0, 0.1) is 0 Å². The van der Waals surface area contributed by atoms with Crippen molar-refractivity contribution in [1.29, 1.82) is 0 Å². The maximum Gasteiger partial charge on any atom is 0.323 e. The average Bonchev–Trinajstić information content (AvgIpc) is 2.44. The minimum absolute atomic E-state index is 0.139. The summed E-state index contributed by atoms with van der Waals surface area (Å²) in [5.41, 5.74) is 1.53. The molecule has 0 radical (unpaired) electrons. The molecule has 0 saturated heterocycles. The Morgan fingerprint density at radius 1 is 1.33 bits per heavy atom. The molecule has 1 aromatic rings. The Hall–Kier alpha value is -1.55. The maximum atomic E-state index is 11.5. The summed E-state index contributed by atoms with van der Waals surface area (Å²) >= 11 is 0. The van der Waals surface area contributed by atoms with Crippen molar-refractivity contribution in [2.45, 2.75) is 52.1 Å². The molecule has 1 rings (SSSR count). The molecule has 0 fully saturated rings. The van der Waals surface area contributed by atoms with Crippen molar-refractivity contribution in [1.82, 2.24) is 5.32 Å². The largest absolute Gasteiger partial charge is 0.480 e. The first-order chi connectivity index (χ1) is 9.78. The van der Waals surface area contributed by atoms with E-state index in [9.17, 15) is 9.90 Å². The summed E-state index contributed by atoms with van der Waals surface area (Å²) in [6, 6.07) is 8.56. The fourth-order valence-corrected chi connectivity index (χ4v) is 2.38. The molecule has 2 N–H and O–H groups in total. The zero-order valence-corrected chi connectivity index (χ0v) is 13.8. The molecule has 4 heteroatoms. The summed E-state index contributed by atoms with van der Waals surface area (Å²) in [6.07, 6.45) is 1.58. The van der Waals surface area contributed by atoms with Gasteiger partial charge in [0.1, 0.15) is 5.54 Å². The lowest BCUT2D eigenvalue weighted by atomic mass is 9.96. The van der Waals surface area contributed by atoms with Crippen molar-refractivity contribution in [2.75, 3.05) is 18.5 Å². The Kier molecular flexibility index (Phi) is 6.21. The van der Waals surface area contributed by atoms with Crippen LogP contribution in [-0.2, 0) is 11.2 Å². The Balaban J connectivity index is 2.68. The predicted octanol–water partition coefficient (Wildman–Crippen LogP) is 2.92. The number of carboxylic acids is 1. The molecule has 0 aliphatic carbocycles. The molecule has 0 bridgehead atoms. The number of hydrogen-bond acceptors (Lipinski definition) is 3. The monoisotopic (exact) mass is 292 g/mol. The van der Waals surface area contributed by atoms with Crippen molar-refractivity contribution in [3.05, 3.63) is 29.8 Å². The Bertz CT molecular complexity index is 456. The third kappa shape index (κ3) is 5.05. The first-order valence-corrected chi connectivity index (χ1v) is 7.59. The highest BCUT2D eigenvalue weighted by atomic mass is 16.4. The van der Waals surface area contributed by atoms with Crippen molar-refractivity contribution in [3.63, 3.8) is 0 Å². The van der Waals surface area contributed by atoms with Crippen LogP contribution in [0.25, 0.3) is 0 Å². The van der Waals surface area contributed by atoms with Gasteiger partial charge in [-0.2, -0.15) is 0 Å². The van der Waals surface area contributed by atoms with Gasteiger partial charge in [-0.15, -0.1) is 0 Å². The second kappa shape index (κ2) is 7.46. The van der Waals surface area contributed by atoms with E-state index in [4.69, 9.17) is 0 Å². The van der Waals surface area contributed by atoms with Crippen LogP contribution in [-0.4, -0.2) is 36.2 Å². The van der Waals surface area contributed by atoms with Crippen molar-refractivity contribution < 1.29 is 9.90 Å². The third-order valence-electron chi connectivity index (χ3n) is 3.81. The van der Waals surface area contributed by atoms with Crippen molar-refractivity contribution in [2.24, 2.45) is 0 Å². The van der Waals surface area contributed by atoms with Gasteiger partial charge in [0.15, 0.2) is 0 Å². The van der Waals surface area contributed by atoms with Crippen LogP contribution in [0.4, 0.5) is 5.69 Å². The molecule has 1 aromatic carbocycles. The van der Waals surface area contributed by atoms with Crippen LogP contribution in [0.3, 0.4) is 0 Å². The van der Waals surface area contributed by atoms with Crippen LogP contribution in [0.5, 0.6) is 0 Å². The number of carboxylic acid groups (broad SMARTS) is 1. The van der Waals surface area contributed by atoms with Gasteiger partial charge in [-0.05, 0) is 51.3 Å². The van der Waals surface area contributed by atoms with Crippen LogP contribution < -0.4 is 10.2 Å². The molecule has 0 saturated carbocycles. The summed E-state index contributed by atoms with van der Waals surface area (Å²) in [5, 5.41) is 12.6. The van der Waals surface area contributed by atoms with E-state index in [0.29, 0.717) is 13.0 Å². The van der Waals surface area contributed by atoms with Crippen molar-refractivity contribution in [3.8, 4) is 0 Å². The Morgan fingerprint density at radius 2 is 1.90 bits per heavy atom. The van der Waals surface area contributed by atoms with Gasteiger partial charge in [-0.3, -0.25) is 10.1 Å². The molecular formula is C17H28N2O2. The number of rotatable bonds is 8. The van der Waals surface area contributed by atoms with Crippen LogP contribution in [0.2, 0.25) is 0 Å². The van der Waals surface area contributed by atoms with E-state index in [2.05, 4.69) is 41.4 Å². The molecule has 0 spiro atoms. The molecule has 0 heterocycles. The number of carbonyl (C=O) groups is 1. The molecule has 4 nitrogen and oxygen atoms in total. The fourth-order valence-electron chi connectivity index (χ4n) is 2.38. The molecule has 0 aromatic heterocycles. The van der Waals surface area contributed by atoms with Gasteiger partial charge in [0.05, 0.1) is 0 Å². The lowest BCUT2D eigenvalue weighted by Gasteiger charge is -2.31. The van der Waals surface area contributed by atoms with Crippen LogP contribution in [0.15, 0.2) is 24.3 Å². The summed E-state index contributed by atoms with van der Waals surface area (Å²) in [6.45, 7) is 8.51. The second-order valence-electron chi connectivity index (χ2n) is 6.13. The number of nitrogens with zero attached hydrogens (tertiary/aromatic N) is 1. The maximum absolute atomic E-state index is 11.5. The molecule has 0 amide bonds. The van der Waals surface area contributed by atoms with Gasteiger partial charge < -0.3 is 10.0 Å². The third-order valence-corrected chi connectivity index (χ3v) is 3.81. The second-order valence-corrected chi connectivity index (χ2v) is 6.13. The smallest absolute Gasteiger partial charge is 0.323 e. The highest BCUT2D eigenvalue weighted by molar-refractivity contribution is 5.78. The normalized spacial score (nSPS) is 14.0. The van der Waals surface area contributed by atoms with E-state index in [0.717, 1.165) is 12.1 Å². The number of aryl methyl sites for hydroxylation is 1. The van der Waals surface area contributed by atoms with Gasteiger partial charge in [0.25, 0.3) is 0 Å². The highest BCUT2D eigenvalue weighted by Gasteiger charge is 2.33. The fraction of sp³-hybridized carbons (Fsp3) is 0.588. The number of benzene rings is 1. The zero-order valence-electron chi connectivity index (χ0n) is 13.8. The van der Waals surface area contributed by atoms with Crippen LogP contribution in [0.1, 0.15) is 39.7 Å². The topological polar surface area (TPSA) is 52.6 Å². The molecular weight excluding hydrogens is 264 g/mol. The minimum atomic E-state index is -0.897. The molecule has 0 aliphatic heterocycles. The van der Waals surface area contributed by atoms with E-state index in [1.54, 1.807) is 6.92 Å². The first-order valence-electron chi connectivity index (χ1n) is 7.59. The molecule has 0 aliphatic rings. The molecule has 1 atom stereocenters. The Morgan fingerprint density at radius 3 is 2.33 bits per heavy atom. The lowest BCUT2D eigenvalue weighted by Crippen LogP contribution is -2.53. The average molecular weight is 292 g/mol. The van der Waals surface area contributed by atoms with E-state index >= 15 is 0 Å². The van der Waals surface area contributed by atoms with E-state index in [1.165, 1.54) is 5.56 Å². The summed E-state index contributed by atoms with van der Waals surface area (Å²) in [4.78, 5) is 13.6. The summed E-state index contributed by atoms with van der Waals surface area (Å²) in [7, 11) is 2.00. The van der Waals surface area contributed by atoms with E-state index in [1.807, 2.05) is 20.9 Å². The number of hydrogen-bond donors (Lipinski definition) is 2. The number of anilines is 1. The highest BCUT2D eigenvalue weighted by Crippen LogP contribution is 2.18. The number of aliphatic carboxylic acids is 1. The minimum Gasteiger partial charge on any atom is -0.480 e. The SMILES string of the molecule is CCc1ccc(N(C)CCC(C)(NC(C)C)C(=O)O)cc1. The number of nitrogens with one attached hydrogen (secondary N) is 1. The first kappa shape index (κ1) is 17.5. The van der Waals surface area contributed by atoms with Crippen LogP contribution >= 0.6 is 0 Å². The molecule has 21 heavy (non-hydrogen) atoms. The zero-order chi connectivity index (χ0) is 16.0. The van der Waals surface area contributed by atoms with Gasteiger partial charge in [-0.1, -0.05) is 19.1 Å². The predicted molar refractivity (Wildman–Crippen MR) is 88.0 cm³/mol. The standard InChI is InChI=1S/C17H28N2O2/c1-6-14-7-9-15(10-8-14)19(5)12-11-17(4,16(20)21)18-13(2)3/h7-10,13,18H,6,11-12H2,1-5H3,(H,20,21). The van der Waals surface area contributed by atoms with E-state index in [-0.39, 0.29) is 6.04 Å². The molecule has 1 unspecified atom stereocenters. The van der Waals surface area contributed by atoms with Gasteiger partial charge in [-0.25, -0.2) is 0 Å². The summed E-state index contributed by atoms with van der Waals surface area (Å²) < 4.78 is 0. The van der Waals surface area contributed by atoms with Crippen molar-refractivity contribution >= 4 is 11.7 Å². The summed E-state index contributed by atoms with van der Waals surface area (Å²) in [5.74, 6) is -0.800. The van der Waals surface area contributed by atoms with Gasteiger partial charge in [0.2, 0.25) is 0 Å².